The average molecular weight is 448 g/mol. The Morgan fingerprint density at radius 2 is 2.00 bits per heavy atom. The third-order valence-electron chi connectivity index (χ3n) is 4.08. The molecule has 0 unspecified atom stereocenters. The number of nitrogens with two attached hydrogens (primary N) is 1. The molecule has 1 aliphatic heterocycles. The molecule has 7 heteroatoms. The van der Waals surface area contributed by atoms with Crippen LogP contribution >= 0.6 is 24.0 Å². The molecule has 3 N–H and O–H groups in total. The van der Waals surface area contributed by atoms with Crippen molar-refractivity contribution in [1.29, 1.82) is 0 Å². The van der Waals surface area contributed by atoms with Crippen molar-refractivity contribution in [2.24, 2.45) is 10.7 Å². The number of para-hydroxylation sites is 1. The highest BCUT2D eigenvalue weighted by atomic mass is 127. The van der Waals surface area contributed by atoms with Gasteiger partial charge in [-0.25, -0.2) is 0 Å². The predicted molar refractivity (Wildman–Crippen MR) is 109 cm³/mol. The smallest absolute Gasteiger partial charge is 0.193 e. The van der Waals surface area contributed by atoms with Crippen molar-refractivity contribution in [2.45, 2.75) is 26.0 Å². The molecule has 1 aliphatic rings. The largest absolute Gasteiger partial charge is 0.380 e. The second-order valence-corrected chi connectivity index (χ2v) is 6.33. The molecule has 24 heavy (non-hydrogen) atoms. The summed E-state index contributed by atoms with van der Waals surface area (Å²) in [5.41, 5.74) is 8.01. The van der Waals surface area contributed by atoms with Gasteiger partial charge in [0.15, 0.2) is 5.96 Å². The van der Waals surface area contributed by atoms with Gasteiger partial charge in [0.2, 0.25) is 0 Å². The Morgan fingerprint density at radius 1 is 1.33 bits per heavy atom. The zero-order valence-electron chi connectivity index (χ0n) is 14.7. The molecule has 1 aromatic carbocycles. The summed E-state index contributed by atoms with van der Waals surface area (Å²) in [7, 11) is 1.68. The van der Waals surface area contributed by atoms with Crippen LogP contribution in [0.1, 0.15) is 19.4 Å². The lowest BCUT2D eigenvalue weighted by atomic mass is 10.0. The monoisotopic (exact) mass is 448 g/mol. The van der Waals surface area contributed by atoms with Gasteiger partial charge in [-0.05, 0) is 19.9 Å². The van der Waals surface area contributed by atoms with Crippen LogP contribution in [-0.2, 0) is 16.1 Å². The van der Waals surface area contributed by atoms with E-state index < -0.39 is 0 Å². The fraction of sp³-hybridized carbons (Fsp3) is 0.588. The van der Waals surface area contributed by atoms with Gasteiger partial charge in [-0.15, -0.1) is 24.0 Å². The first-order valence-electron chi connectivity index (χ1n) is 7.99. The van der Waals surface area contributed by atoms with Crippen molar-refractivity contribution in [1.82, 2.24) is 4.90 Å². The maximum Gasteiger partial charge on any atom is 0.193 e. The maximum absolute atomic E-state index is 6.06. The Bertz CT molecular complexity index is 531. The number of aliphatic imine (C=N–C) groups is 1. The van der Waals surface area contributed by atoms with Gasteiger partial charge in [0.05, 0.1) is 26.4 Å². The number of rotatable bonds is 6. The molecule has 0 amide bonds. The summed E-state index contributed by atoms with van der Waals surface area (Å²) in [6, 6.07) is 7.93. The molecule has 6 nitrogen and oxygen atoms in total. The van der Waals surface area contributed by atoms with Crippen molar-refractivity contribution in [3.63, 3.8) is 0 Å². The Balaban J connectivity index is 0.00000288. The average Bonchev–Trinajstić information content (AvgIpc) is 2.56. The number of hydrogen-bond acceptors (Lipinski definition) is 4. The lowest BCUT2D eigenvalue weighted by Gasteiger charge is -2.39. The van der Waals surface area contributed by atoms with Crippen LogP contribution in [0.5, 0.6) is 0 Å². The van der Waals surface area contributed by atoms with Crippen molar-refractivity contribution in [3.05, 3.63) is 29.8 Å². The fourth-order valence-corrected chi connectivity index (χ4v) is 2.65. The van der Waals surface area contributed by atoms with E-state index in [2.05, 4.69) is 29.1 Å². The highest BCUT2D eigenvalue weighted by molar-refractivity contribution is 14.0. The third-order valence-corrected chi connectivity index (χ3v) is 4.08. The van der Waals surface area contributed by atoms with Gasteiger partial charge >= 0.3 is 0 Å². The topological polar surface area (TPSA) is 72.1 Å². The van der Waals surface area contributed by atoms with Crippen LogP contribution < -0.4 is 11.1 Å². The number of nitrogens with one attached hydrogen (secondary N) is 1. The molecule has 1 aromatic rings. The quantitative estimate of drug-likeness (QED) is 0.397. The second kappa shape index (κ2) is 10.2. The van der Waals surface area contributed by atoms with E-state index >= 15 is 0 Å². The Morgan fingerprint density at radius 3 is 2.67 bits per heavy atom. The normalized spacial score (nSPS) is 16.5. The van der Waals surface area contributed by atoms with E-state index in [-0.39, 0.29) is 29.5 Å². The second-order valence-electron chi connectivity index (χ2n) is 6.33. The van der Waals surface area contributed by atoms with Gasteiger partial charge in [0.1, 0.15) is 0 Å². The third kappa shape index (κ3) is 6.19. The van der Waals surface area contributed by atoms with Crippen LogP contribution in [0.3, 0.4) is 0 Å². The zero-order valence-corrected chi connectivity index (χ0v) is 17.1. The van der Waals surface area contributed by atoms with Crippen molar-refractivity contribution in [3.8, 4) is 0 Å². The number of morpholine rings is 1. The number of halogens is 1. The highest BCUT2D eigenvalue weighted by Crippen LogP contribution is 2.18. The zero-order chi connectivity index (χ0) is 16.7. The number of ether oxygens (including phenoxy) is 2. The van der Waals surface area contributed by atoms with Gasteiger partial charge in [0.25, 0.3) is 0 Å². The number of guanidine groups is 1. The number of anilines is 1. The number of hydrogen-bond donors (Lipinski definition) is 2. The van der Waals surface area contributed by atoms with E-state index in [0.717, 1.165) is 37.6 Å². The number of benzene rings is 1. The van der Waals surface area contributed by atoms with E-state index in [1.54, 1.807) is 7.11 Å². The summed E-state index contributed by atoms with van der Waals surface area (Å²) in [6.07, 6.45) is 0. The van der Waals surface area contributed by atoms with Gasteiger partial charge in [-0.2, -0.15) is 0 Å². The minimum Gasteiger partial charge on any atom is -0.380 e. The first kappa shape index (κ1) is 21.1. The standard InChI is InChI=1S/C17H28N4O2.HI/c1-17(2,21-8-10-23-11-9-21)13-19-16(18)20-15-7-5-4-6-14(15)12-22-3;/h4-7H,8-13H2,1-3H3,(H3,18,19,20);1H. The van der Waals surface area contributed by atoms with Gasteiger partial charge in [0, 0.05) is 37.0 Å². The van der Waals surface area contributed by atoms with E-state index in [4.69, 9.17) is 15.2 Å². The lowest BCUT2D eigenvalue weighted by molar-refractivity contribution is -0.00680. The molecule has 1 saturated heterocycles. The molecule has 1 fully saturated rings. The molecular weight excluding hydrogens is 419 g/mol. The van der Waals surface area contributed by atoms with E-state index in [1.807, 2.05) is 24.3 Å². The minimum atomic E-state index is -0.0396. The Hall–Kier alpha value is -0.900. The molecular formula is C17H29IN4O2. The molecule has 1 heterocycles. The van der Waals surface area contributed by atoms with Gasteiger partial charge in [-0.1, -0.05) is 18.2 Å². The summed E-state index contributed by atoms with van der Waals surface area (Å²) in [5, 5.41) is 3.18. The van der Waals surface area contributed by atoms with E-state index in [0.29, 0.717) is 19.1 Å². The Kier molecular flexibility index (Phi) is 8.96. The SMILES string of the molecule is COCc1ccccc1NC(N)=NCC(C)(C)N1CCOCC1.I. The molecule has 0 aliphatic carbocycles. The molecule has 2 rings (SSSR count). The molecule has 0 atom stereocenters. The molecule has 0 bridgehead atoms. The maximum atomic E-state index is 6.06. The van der Waals surface area contributed by atoms with Crippen LogP contribution in [0, 0.1) is 0 Å². The minimum absolute atomic E-state index is 0. The molecule has 136 valence electrons. The molecule has 0 spiro atoms. The highest BCUT2D eigenvalue weighted by Gasteiger charge is 2.27. The molecule has 0 aromatic heterocycles. The summed E-state index contributed by atoms with van der Waals surface area (Å²) < 4.78 is 10.6. The van der Waals surface area contributed by atoms with Crippen molar-refractivity contribution >= 4 is 35.6 Å². The Labute approximate surface area is 161 Å². The van der Waals surface area contributed by atoms with E-state index in [9.17, 15) is 0 Å². The van der Waals surface area contributed by atoms with Crippen LogP contribution in [0.15, 0.2) is 29.3 Å². The lowest BCUT2D eigenvalue weighted by Crippen LogP contribution is -2.51. The van der Waals surface area contributed by atoms with Crippen LogP contribution in [0.2, 0.25) is 0 Å². The van der Waals surface area contributed by atoms with E-state index in [1.165, 1.54) is 0 Å². The fourth-order valence-electron chi connectivity index (χ4n) is 2.65. The molecule has 0 saturated carbocycles. The van der Waals surface area contributed by atoms with Crippen LogP contribution in [0.25, 0.3) is 0 Å². The van der Waals surface area contributed by atoms with Gasteiger partial charge in [-0.3, -0.25) is 9.89 Å². The number of nitrogens with zero attached hydrogens (tertiary/aromatic N) is 2. The summed E-state index contributed by atoms with van der Waals surface area (Å²) >= 11 is 0. The summed E-state index contributed by atoms with van der Waals surface area (Å²) in [6.45, 7) is 8.99. The van der Waals surface area contributed by atoms with Crippen LogP contribution in [-0.4, -0.2) is 56.4 Å². The first-order valence-corrected chi connectivity index (χ1v) is 7.99. The first-order chi connectivity index (χ1) is 11.0. The molecule has 0 radical (unpaired) electrons. The van der Waals surface area contributed by atoms with Gasteiger partial charge < -0.3 is 20.5 Å². The number of methoxy groups -OCH3 is 1. The predicted octanol–water partition coefficient (Wildman–Crippen LogP) is 2.29. The summed E-state index contributed by atoms with van der Waals surface area (Å²) in [4.78, 5) is 6.92. The van der Waals surface area contributed by atoms with Crippen molar-refractivity contribution < 1.29 is 9.47 Å². The summed E-state index contributed by atoms with van der Waals surface area (Å²) in [5.74, 6) is 0.426. The van der Waals surface area contributed by atoms with Crippen LogP contribution in [0.4, 0.5) is 5.69 Å². The van der Waals surface area contributed by atoms with Crippen molar-refractivity contribution in [2.75, 3.05) is 45.3 Å².